The Labute approximate surface area is 389 Å². The smallest absolute Gasteiger partial charge is 0.466 e. The Balaban J connectivity index is 2.34. The Kier molecular flexibility index (Phi) is 34.5. The van der Waals surface area contributed by atoms with Crippen LogP contribution < -0.4 is 0 Å². The van der Waals surface area contributed by atoms with Gasteiger partial charge in [-0.25, -0.2) is 4.57 Å². The van der Waals surface area contributed by atoms with E-state index in [1.807, 2.05) is 33.3 Å². The van der Waals surface area contributed by atoms with Crippen LogP contribution in [0.15, 0.2) is 53.0 Å². The maximum atomic E-state index is 12.8. The number of hydrogen-bond donors (Lipinski definition) is 2. The van der Waals surface area contributed by atoms with Crippen LogP contribution in [0.25, 0.3) is 0 Å². The first-order chi connectivity index (χ1) is 30.7. The van der Waals surface area contributed by atoms with Crippen LogP contribution in [0.1, 0.15) is 184 Å². The maximum Gasteiger partial charge on any atom is 0.472 e. The lowest BCUT2D eigenvalue weighted by Crippen LogP contribution is -2.37. The van der Waals surface area contributed by atoms with Gasteiger partial charge in [-0.2, -0.15) is 0 Å². The van der Waals surface area contributed by atoms with Gasteiger partial charge < -0.3 is 28.4 Å². The number of esters is 2. The SMILES string of the molecule is CCCCCc1oc(CCCCCCCCCCCCC(=O)O[C@H](COC(=O)CCC/C=C\C/C=C\C/C=C\C/C=C\CC(O)CCC)COP(=O)(O)OCC[N+](C)(C)C)c(C)c1C. The van der Waals surface area contributed by atoms with Crippen LogP contribution in [-0.4, -0.2) is 86.1 Å². The Morgan fingerprint density at radius 3 is 1.73 bits per heavy atom. The summed E-state index contributed by atoms with van der Waals surface area (Å²) in [6.45, 7) is 8.49. The molecule has 2 N–H and O–H groups in total. The van der Waals surface area contributed by atoms with Crippen LogP contribution in [0.2, 0.25) is 0 Å². The number of unbranched alkanes of at least 4 members (excludes halogenated alkanes) is 12. The van der Waals surface area contributed by atoms with Gasteiger partial charge in [0.25, 0.3) is 0 Å². The highest BCUT2D eigenvalue weighted by Crippen LogP contribution is 2.43. The van der Waals surface area contributed by atoms with Gasteiger partial charge in [0.05, 0.1) is 33.9 Å². The lowest BCUT2D eigenvalue weighted by molar-refractivity contribution is -0.870. The van der Waals surface area contributed by atoms with Crippen molar-refractivity contribution in [2.75, 3.05) is 47.5 Å². The molecule has 0 aliphatic rings. The second-order valence-corrected chi connectivity index (χ2v) is 19.7. The van der Waals surface area contributed by atoms with E-state index < -0.39 is 32.5 Å². The zero-order chi connectivity index (χ0) is 47.3. The van der Waals surface area contributed by atoms with Crippen LogP contribution in [0.3, 0.4) is 0 Å². The van der Waals surface area contributed by atoms with E-state index in [9.17, 15) is 24.2 Å². The Morgan fingerprint density at radius 2 is 1.17 bits per heavy atom. The molecule has 1 aromatic rings. The van der Waals surface area contributed by atoms with Gasteiger partial charge in [0, 0.05) is 25.7 Å². The minimum atomic E-state index is -4.41. The number of rotatable bonds is 41. The molecule has 11 nitrogen and oxygen atoms in total. The molecule has 1 aromatic heterocycles. The van der Waals surface area contributed by atoms with Crippen molar-refractivity contribution >= 4 is 19.8 Å². The Hall–Kier alpha value is -2.79. The molecular formula is C52H91NO10P+. The van der Waals surface area contributed by atoms with Gasteiger partial charge in [-0.05, 0) is 89.2 Å². The normalized spacial score (nSPS) is 14.3. The number of likely N-dealkylation sites (N-methyl/N-ethyl adjacent to an activating group) is 1. The predicted molar refractivity (Wildman–Crippen MR) is 261 cm³/mol. The molecule has 64 heavy (non-hydrogen) atoms. The predicted octanol–water partition coefficient (Wildman–Crippen LogP) is 12.9. The van der Waals surface area contributed by atoms with E-state index in [4.69, 9.17) is 22.9 Å². The van der Waals surface area contributed by atoms with Crippen molar-refractivity contribution in [1.82, 2.24) is 0 Å². The summed E-state index contributed by atoms with van der Waals surface area (Å²) in [4.78, 5) is 35.6. The molecule has 0 aliphatic heterocycles. The highest BCUT2D eigenvalue weighted by molar-refractivity contribution is 7.47. The van der Waals surface area contributed by atoms with Gasteiger partial charge in [0.15, 0.2) is 6.10 Å². The minimum absolute atomic E-state index is 0.00964. The third-order valence-corrected chi connectivity index (χ3v) is 12.1. The largest absolute Gasteiger partial charge is 0.472 e. The fourth-order valence-electron chi connectivity index (χ4n) is 6.97. The summed E-state index contributed by atoms with van der Waals surface area (Å²) >= 11 is 0. The molecule has 0 saturated heterocycles. The van der Waals surface area contributed by atoms with Crippen molar-refractivity contribution in [3.8, 4) is 0 Å². The van der Waals surface area contributed by atoms with E-state index >= 15 is 0 Å². The summed E-state index contributed by atoms with van der Waals surface area (Å²) in [5.74, 6) is 1.47. The first kappa shape index (κ1) is 59.2. The number of furan rings is 1. The molecule has 12 heteroatoms. The first-order valence-corrected chi connectivity index (χ1v) is 26.3. The highest BCUT2D eigenvalue weighted by Gasteiger charge is 2.27. The average molecular weight is 921 g/mol. The van der Waals surface area contributed by atoms with Crippen molar-refractivity contribution in [2.24, 2.45) is 0 Å². The minimum Gasteiger partial charge on any atom is -0.466 e. The molecule has 0 amide bonds. The van der Waals surface area contributed by atoms with E-state index in [0.717, 1.165) is 64.2 Å². The number of quaternary nitrogens is 1. The summed E-state index contributed by atoms with van der Waals surface area (Å²) in [6, 6.07) is 0. The second kappa shape index (κ2) is 37.3. The molecule has 3 atom stereocenters. The van der Waals surface area contributed by atoms with Crippen molar-refractivity contribution < 1.29 is 51.6 Å². The van der Waals surface area contributed by atoms with E-state index in [1.165, 1.54) is 80.4 Å². The molecule has 0 spiro atoms. The number of nitrogens with zero attached hydrogens (tertiary/aromatic N) is 1. The quantitative estimate of drug-likeness (QED) is 0.0214. The first-order valence-electron chi connectivity index (χ1n) is 24.8. The summed E-state index contributed by atoms with van der Waals surface area (Å²) in [7, 11) is 1.40. The lowest BCUT2D eigenvalue weighted by atomic mass is 10.0. The van der Waals surface area contributed by atoms with Gasteiger partial charge in [-0.3, -0.25) is 18.6 Å². The van der Waals surface area contributed by atoms with Crippen molar-refractivity contribution in [2.45, 2.75) is 200 Å². The molecule has 0 aromatic carbocycles. The van der Waals surface area contributed by atoms with Gasteiger partial charge in [-0.1, -0.05) is 133 Å². The summed E-state index contributed by atoms with van der Waals surface area (Å²) in [5.41, 5.74) is 2.68. The molecule has 368 valence electrons. The van der Waals surface area contributed by atoms with Gasteiger partial charge in [-0.15, -0.1) is 0 Å². The fraction of sp³-hybridized carbons (Fsp3) is 0.731. The van der Waals surface area contributed by atoms with Crippen LogP contribution in [0.5, 0.6) is 0 Å². The topological polar surface area (TPSA) is 142 Å². The fourth-order valence-corrected chi connectivity index (χ4v) is 7.71. The molecule has 2 unspecified atom stereocenters. The third kappa shape index (κ3) is 33.7. The van der Waals surface area contributed by atoms with Crippen molar-refractivity contribution in [3.05, 3.63) is 71.3 Å². The molecule has 0 aliphatic carbocycles. The summed E-state index contributed by atoms with van der Waals surface area (Å²) in [6.07, 6.45) is 39.0. The van der Waals surface area contributed by atoms with E-state index in [-0.39, 0.29) is 32.2 Å². The molecule has 0 bridgehead atoms. The highest BCUT2D eigenvalue weighted by atomic mass is 31.2. The maximum absolute atomic E-state index is 12.8. The monoisotopic (exact) mass is 921 g/mol. The number of carbonyl (C=O) groups excluding carboxylic acids is 2. The molecule has 0 saturated carbocycles. The number of allylic oxidation sites excluding steroid dienone is 7. The second-order valence-electron chi connectivity index (χ2n) is 18.3. The number of aryl methyl sites for hydroxylation is 2. The molecular weight excluding hydrogens is 830 g/mol. The average Bonchev–Trinajstić information content (AvgIpc) is 3.50. The number of aliphatic hydroxyl groups excluding tert-OH is 1. The van der Waals surface area contributed by atoms with Gasteiger partial charge in [0.1, 0.15) is 31.3 Å². The van der Waals surface area contributed by atoms with Crippen LogP contribution >= 0.6 is 7.82 Å². The zero-order valence-electron chi connectivity index (χ0n) is 41.3. The van der Waals surface area contributed by atoms with Crippen molar-refractivity contribution in [3.63, 3.8) is 0 Å². The number of carbonyl (C=O) groups is 2. The van der Waals surface area contributed by atoms with Crippen molar-refractivity contribution in [1.29, 1.82) is 0 Å². The molecule has 0 fully saturated rings. The number of hydrogen-bond acceptors (Lipinski definition) is 9. The Morgan fingerprint density at radius 1 is 0.656 bits per heavy atom. The number of ether oxygens (including phenoxy) is 2. The van der Waals surface area contributed by atoms with Gasteiger partial charge in [0.2, 0.25) is 0 Å². The lowest BCUT2D eigenvalue weighted by Gasteiger charge is -2.24. The van der Waals surface area contributed by atoms with E-state index in [1.54, 1.807) is 0 Å². The standard InChI is InChI=1S/C52H90NO10P/c1-8-10-30-37-49-45(3)46(4)50(63-49)38-32-27-23-19-16-17-21-25-29-34-40-52(56)62-48(44-61-64(57,58)60-42-41-53(5,6)7)43-59-51(55)39-33-28-24-20-15-13-11-12-14-18-22-26-31-36-47(54)35-9-2/h11,13-14,18,20,24,26,31,47-48,54H,8-10,12,15-17,19,21-23,25,27-30,32-44H2,1-7H3/p+1/b13-11-,18-14-,24-20-,31-26-/t47?,48-/m1/s1. The van der Waals surface area contributed by atoms with Crippen LogP contribution in [-0.2, 0) is 45.5 Å². The summed E-state index contributed by atoms with van der Waals surface area (Å²) < 4.78 is 40.6. The number of aliphatic hydroxyl groups is 1. The van der Waals surface area contributed by atoms with E-state index in [2.05, 4.69) is 64.2 Å². The van der Waals surface area contributed by atoms with E-state index in [0.29, 0.717) is 36.7 Å². The zero-order valence-corrected chi connectivity index (χ0v) is 42.2. The van der Waals surface area contributed by atoms with Crippen LogP contribution in [0, 0.1) is 13.8 Å². The molecule has 1 rings (SSSR count). The number of phosphoric ester groups is 1. The molecule has 0 radical (unpaired) electrons. The van der Waals surface area contributed by atoms with Crippen LogP contribution in [0.4, 0.5) is 0 Å². The Bertz CT molecular complexity index is 1520. The summed E-state index contributed by atoms with van der Waals surface area (Å²) in [5, 5.41) is 9.75. The van der Waals surface area contributed by atoms with Gasteiger partial charge >= 0.3 is 19.8 Å². The molecule has 1 heterocycles. The third-order valence-electron chi connectivity index (χ3n) is 11.1. The number of phosphoric acid groups is 1.